The molecule has 0 saturated carbocycles. The number of carbonyl (C=O) groups excluding carboxylic acids is 2. The predicted octanol–water partition coefficient (Wildman–Crippen LogP) is 4.54. The summed E-state index contributed by atoms with van der Waals surface area (Å²) in [6.45, 7) is 1.42. The highest BCUT2D eigenvalue weighted by Gasteiger charge is 2.16. The van der Waals surface area contributed by atoms with E-state index in [0.29, 0.717) is 22.5 Å². The molecule has 0 aliphatic rings. The molecule has 2 heterocycles. The van der Waals surface area contributed by atoms with Gasteiger partial charge in [-0.25, -0.2) is 14.6 Å². The smallest absolute Gasteiger partial charge is 0.351 e. The molecule has 32 heavy (non-hydrogen) atoms. The lowest BCUT2D eigenvalue weighted by Gasteiger charge is -2.05. The van der Waals surface area contributed by atoms with Crippen molar-refractivity contribution in [3.8, 4) is 5.75 Å². The van der Waals surface area contributed by atoms with Crippen molar-refractivity contribution in [2.24, 2.45) is 0 Å². The summed E-state index contributed by atoms with van der Waals surface area (Å²) in [4.78, 5) is 39.8. The number of aromatic nitrogens is 1. The molecule has 0 aliphatic heterocycles. The Morgan fingerprint density at radius 2 is 1.72 bits per heavy atom. The zero-order valence-electron chi connectivity index (χ0n) is 17.1. The Labute approximate surface area is 183 Å². The number of benzene rings is 2. The van der Waals surface area contributed by atoms with E-state index in [4.69, 9.17) is 9.15 Å². The predicted molar refractivity (Wildman–Crippen MR) is 121 cm³/mol. The Morgan fingerprint density at radius 1 is 0.969 bits per heavy atom. The van der Waals surface area contributed by atoms with Crippen molar-refractivity contribution in [2.45, 2.75) is 6.92 Å². The monoisotopic (exact) mass is 426 g/mol. The first kappa shape index (κ1) is 20.7. The zero-order chi connectivity index (χ0) is 22.5. The fraction of sp³-hybridized carbons (Fsp3) is 0.0400. The molecule has 0 atom stereocenters. The number of anilines is 1. The molecule has 0 saturated heterocycles. The van der Waals surface area contributed by atoms with Crippen LogP contribution in [0.5, 0.6) is 5.75 Å². The molecule has 0 radical (unpaired) electrons. The second-order valence-electron chi connectivity index (χ2n) is 6.93. The maximum absolute atomic E-state index is 12.5. The second-order valence-corrected chi connectivity index (χ2v) is 6.93. The summed E-state index contributed by atoms with van der Waals surface area (Å²) in [5, 5.41) is 3.27. The minimum absolute atomic E-state index is 0.166. The van der Waals surface area contributed by atoms with Gasteiger partial charge < -0.3 is 14.5 Å². The van der Waals surface area contributed by atoms with Crippen LogP contribution in [0.2, 0.25) is 0 Å². The van der Waals surface area contributed by atoms with Crippen LogP contribution in [0.1, 0.15) is 28.4 Å². The van der Waals surface area contributed by atoms with Gasteiger partial charge in [0, 0.05) is 18.5 Å². The van der Waals surface area contributed by atoms with Crippen molar-refractivity contribution < 1.29 is 18.7 Å². The largest absolute Gasteiger partial charge is 0.423 e. The summed E-state index contributed by atoms with van der Waals surface area (Å²) >= 11 is 0. The van der Waals surface area contributed by atoms with Crippen LogP contribution in [0.4, 0.5) is 5.82 Å². The SMILES string of the molecule is CC(=O)Nc1cc(/C=C/c2ccc(OC(=O)c3cc4ccccc4oc3=O)cc2)ccn1. The fourth-order valence-electron chi connectivity index (χ4n) is 3.00. The maximum atomic E-state index is 12.5. The average Bonchev–Trinajstić information content (AvgIpc) is 2.78. The molecule has 0 aliphatic carbocycles. The van der Waals surface area contributed by atoms with E-state index in [2.05, 4.69) is 10.3 Å². The van der Waals surface area contributed by atoms with Crippen molar-refractivity contribution in [1.82, 2.24) is 4.98 Å². The molecule has 1 N–H and O–H groups in total. The van der Waals surface area contributed by atoms with Crippen LogP contribution in [-0.2, 0) is 4.79 Å². The zero-order valence-corrected chi connectivity index (χ0v) is 17.1. The van der Waals surface area contributed by atoms with E-state index in [0.717, 1.165) is 11.1 Å². The number of para-hydroxylation sites is 1. The minimum atomic E-state index is -0.782. The summed E-state index contributed by atoms with van der Waals surface area (Å²) < 4.78 is 10.5. The Morgan fingerprint density at radius 3 is 2.50 bits per heavy atom. The van der Waals surface area contributed by atoms with Gasteiger partial charge in [-0.3, -0.25) is 4.79 Å². The summed E-state index contributed by atoms with van der Waals surface area (Å²) in [7, 11) is 0. The number of hydrogen-bond acceptors (Lipinski definition) is 6. The quantitative estimate of drug-likeness (QED) is 0.286. The molecule has 0 bridgehead atoms. The lowest BCUT2D eigenvalue weighted by molar-refractivity contribution is -0.114. The molecule has 2 aromatic carbocycles. The van der Waals surface area contributed by atoms with Crippen LogP contribution in [0.3, 0.4) is 0 Å². The molecule has 7 nitrogen and oxygen atoms in total. The van der Waals surface area contributed by atoms with Crippen molar-refractivity contribution in [3.05, 3.63) is 100 Å². The summed E-state index contributed by atoms with van der Waals surface area (Å²) in [5.74, 6) is -0.197. The van der Waals surface area contributed by atoms with Crippen molar-refractivity contribution in [2.75, 3.05) is 5.32 Å². The van der Waals surface area contributed by atoms with E-state index in [1.807, 2.05) is 18.2 Å². The first-order chi connectivity index (χ1) is 15.5. The van der Waals surface area contributed by atoms with E-state index < -0.39 is 11.6 Å². The van der Waals surface area contributed by atoms with Crippen LogP contribution in [0.15, 0.2) is 82.1 Å². The van der Waals surface area contributed by atoms with Gasteiger partial charge in [-0.05, 0) is 47.5 Å². The molecule has 2 aromatic heterocycles. The van der Waals surface area contributed by atoms with Gasteiger partial charge in [0.2, 0.25) is 5.91 Å². The third-order valence-electron chi connectivity index (χ3n) is 4.51. The lowest BCUT2D eigenvalue weighted by atomic mass is 10.1. The van der Waals surface area contributed by atoms with E-state index in [1.54, 1.807) is 60.8 Å². The summed E-state index contributed by atoms with van der Waals surface area (Å²) in [5.41, 5.74) is 1.23. The molecule has 0 fully saturated rings. The second kappa shape index (κ2) is 9.09. The van der Waals surface area contributed by atoms with Gasteiger partial charge in [-0.15, -0.1) is 0 Å². The molecule has 1 amide bonds. The Balaban J connectivity index is 1.46. The number of esters is 1. The van der Waals surface area contributed by atoms with Crippen LogP contribution in [-0.4, -0.2) is 16.9 Å². The molecular weight excluding hydrogens is 408 g/mol. The number of rotatable bonds is 5. The minimum Gasteiger partial charge on any atom is -0.423 e. The molecule has 158 valence electrons. The topological polar surface area (TPSA) is 98.5 Å². The van der Waals surface area contributed by atoms with Gasteiger partial charge >= 0.3 is 11.6 Å². The highest BCUT2D eigenvalue weighted by molar-refractivity contribution is 5.94. The van der Waals surface area contributed by atoms with Crippen LogP contribution in [0, 0.1) is 0 Å². The Bertz CT molecular complexity index is 1390. The van der Waals surface area contributed by atoms with Crippen LogP contribution in [0.25, 0.3) is 23.1 Å². The number of nitrogens with one attached hydrogen (secondary N) is 1. The van der Waals surface area contributed by atoms with Crippen molar-refractivity contribution in [3.63, 3.8) is 0 Å². The molecule has 4 rings (SSSR count). The first-order valence-corrected chi connectivity index (χ1v) is 9.75. The number of ether oxygens (including phenoxy) is 1. The third-order valence-corrected chi connectivity index (χ3v) is 4.51. The van der Waals surface area contributed by atoms with Crippen LogP contribution < -0.4 is 15.7 Å². The number of hydrogen-bond donors (Lipinski definition) is 1. The first-order valence-electron chi connectivity index (χ1n) is 9.75. The highest BCUT2D eigenvalue weighted by Crippen LogP contribution is 2.18. The molecule has 0 unspecified atom stereocenters. The molecule has 4 aromatic rings. The number of carbonyl (C=O) groups is 2. The van der Waals surface area contributed by atoms with Crippen LogP contribution >= 0.6 is 0 Å². The van der Waals surface area contributed by atoms with Crippen molar-refractivity contribution >= 4 is 40.8 Å². The van der Waals surface area contributed by atoms with E-state index >= 15 is 0 Å². The number of fused-ring (bicyclic) bond motifs is 1. The van der Waals surface area contributed by atoms with Crippen molar-refractivity contribution in [1.29, 1.82) is 0 Å². The Kier molecular flexibility index (Phi) is 5.89. The van der Waals surface area contributed by atoms with Gasteiger partial charge in [0.15, 0.2) is 0 Å². The molecular formula is C25H18N2O5. The normalized spacial score (nSPS) is 10.9. The lowest BCUT2D eigenvalue weighted by Crippen LogP contribution is -2.18. The third kappa shape index (κ3) is 4.96. The average molecular weight is 426 g/mol. The number of pyridine rings is 1. The van der Waals surface area contributed by atoms with Gasteiger partial charge in [-0.1, -0.05) is 42.5 Å². The van der Waals surface area contributed by atoms with Gasteiger partial charge in [0.25, 0.3) is 0 Å². The number of nitrogens with zero attached hydrogens (tertiary/aromatic N) is 1. The van der Waals surface area contributed by atoms with Gasteiger partial charge in [0.05, 0.1) is 0 Å². The highest BCUT2D eigenvalue weighted by atomic mass is 16.5. The standard InChI is InChI=1S/C25H18N2O5/c1-16(28)27-23-14-18(12-13-26-23)7-6-17-8-10-20(11-9-17)31-24(29)21-15-19-4-2-3-5-22(19)32-25(21)30/h2-15H,1H3,(H,26,27,28)/b7-6+. The molecule has 0 spiro atoms. The van der Waals surface area contributed by atoms with E-state index in [-0.39, 0.29) is 11.5 Å². The van der Waals surface area contributed by atoms with E-state index in [9.17, 15) is 14.4 Å². The molecule has 7 heteroatoms. The Hall–Kier alpha value is -4.52. The summed E-state index contributed by atoms with van der Waals surface area (Å²) in [6.07, 6.45) is 5.35. The number of amides is 1. The maximum Gasteiger partial charge on any atom is 0.351 e. The van der Waals surface area contributed by atoms with Gasteiger partial charge in [0.1, 0.15) is 22.7 Å². The van der Waals surface area contributed by atoms with E-state index in [1.165, 1.54) is 13.0 Å². The fourth-order valence-corrected chi connectivity index (χ4v) is 3.00. The summed E-state index contributed by atoms with van der Waals surface area (Å²) in [6, 6.07) is 18.8. The van der Waals surface area contributed by atoms with Gasteiger partial charge in [-0.2, -0.15) is 0 Å².